The first kappa shape index (κ1) is 14.3. The van der Waals surface area contributed by atoms with E-state index in [1.165, 1.54) is 31.2 Å². The molecule has 106 valence electrons. The molecule has 2 unspecified atom stereocenters. The number of aromatic nitrogens is 1. The molecule has 0 bridgehead atoms. The van der Waals surface area contributed by atoms with Crippen molar-refractivity contribution in [3.05, 3.63) is 23.9 Å². The van der Waals surface area contributed by atoms with Crippen molar-refractivity contribution in [1.29, 1.82) is 0 Å². The van der Waals surface area contributed by atoms with E-state index < -0.39 is 0 Å². The van der Waals surface area contributed by atoms with Crippen molar-refractivity contribution in [3.63, 3.8) is 0 Å². The minimum absolute atomic E-state index is 0.654. The highest BCUT2D eigenvalue weighted by atomic mass is 15.2. The van der Waals surface area contributed by atoms with Crippen molar-refractivity contribution in [2.45, 2.75) is 52.1 Å². The number of hydrogen-bond acceptors (Lipinski definition) is 3. The Labute approximate surface area is 117 Å². The van der Waals surface area contributed by atoms with Gasteiger partial charge in [-0.3, -0.25) is 0 Å². The van der Waals surface area contributed by atoms with Crippen molar-refractivity contribution < 1.29 is 0 Å². The van der Waals surface area contributed by atoms with Crippen molar-refractivity contribution in [2.75, 3.05) is 18.5 Å². The van der Waals surface area contributed by atoms with Crippen molar-refractivity contribution in [1.82, 2.24) is 10.3 Å². The Morgan fingerprint density at radius 1 is 1.32 bits per heavy atom. The Morgan fingerprint density at radius 3 is 2.74 bits per heavy atom. The van der Waals surface area contributed by atoms with Crippen LogP contribution >= 0.6 is 0 Å². The van der Waals surface area contributed by atoms with E-state index >= 15 is 0 Å². The average molecular weight is 261 g/mol. The third-order valence-electron chi connectivity index (χ3n) is 4.31. The van der Waals surface area contributed by atoms with E-state index in [1.807, 2.05) is 6.20 Å². The maximum atomic E-state index is 4.63. The zero-order chi connectivity index (χ0) is 13.7. The highest BCUT2D eigenvalue weighted by molar-refractivity contribution is 5.40. The smallest absolute Gasteiger partial charge is 0.128 e. The molecule has 3 heteroatoms. The van der Waals surface area contributed by atoms with Gasteiger partial charge in [-0.05, 0) is 36.9 Å². The first-order valence-corrected chi connectivity index (χ1v) is 7.61. The average Bonchev–Trinajstić information content (AvgIpc) is 2.45. The van der Waals surface area contributed by atoms with Gasteiger partial charge >= 0.3 is 0 Å². The SMILES string of the molecule is CCNCc1ccc(N(C)C2CCCCC2C)nc1. The van der Waals surface area contributed by atoms with Crippen molar-refractivity contribution >= 4 is 5.82 Å². The molecule has 1 heterocycles. The fraction of sp³-hybridized carbons (Fsp3) is 0.688. The number of nitrogens with one attached hydrogen (secondary N) is 1. The molecule has 1 aliphatic carbocycles. The Balaban J connectivity index is 2.00. The van der Waals surface area contributed by atoms with Crippen LogP contribution < -0.4 is 10.2 Å². The lowest BCUT2D eigenvalue weighted by Gasteiger charge is -2.37. The lowest BCUT2D eigenvalue weighted by molar-refractivity contribution is 0.320. The number of anilines is 1. The molecular weight excluding hydrogens is 234 g/mol. The molecule has 19 heavy (non-hydrogen) atoms. The fourth-order valence-corrected chi connectivity index (χ4v) is 3.04. The van der Waals surface area contributed by atoms with Crippen molar-refractivity contribution in [3.8, 4) is 0 Å². The maximum Gasteiger partial charge on any atom is 0.128 e. The molecule has 0 spiro atoms. The summed E-state index contributed by atoms with van der Waals surface area (Å²) in [7, 11) is 2.19. The van der Waals surface area contributed by atoms with Gasteiger partial charge in [0.2, 0.25) is 0 Å². The van der Waals surface area contributed by atoms with Gasteiger partial charge in [0, 0.05) is 25.8 Å². The molecule has 1 saturated carbocycles. The fourth-order valence-electron chi connectivity index (χ4n) is 3.04. The quantitative estimate of drug-likeness (QED) is 0.882. The summed E-state index contributed by atoms with van der Waals surface area (Å²) in [5.74, 6) is 1.89. The summed E-state index contributed by atoms with van der Waals surface area (Å²) in [5, 5.41) is 3.33. The molecule has 0 amide bonds. The van der Waals surface area contributed by atoms with Crippen LogP contribution in [0, 0.1) is 5.92 Å². The number of hydrogen-bond donors (Lipinski definition) is 1. The van der Waals surface area contributed by atoms with Gasteiger partial charge in [0.25, 0.3) is 0 Å². The van der Waals surface area contributed by atoms with Crippen LogP contribution in [0.15, 0.2) is 18.3 Å². The van der Waals surface area contributed by atoms with E-state index in [-0.39, 0.29) is 0 Å². The van der Waals surface area contributed by atoms with Gasteiger partial charge in [0.05, 0.1) is 0 Å². The number of rotatable bonds is 5. The summed E-state index contributed by atoms with van der Waals surface area (Å²) < 4.78 is 0. The van der Waals surface area contributed by atoms with Gasteiger partial charge in [0.15, 0.2) is 0 Å². The Morgan fingerprint density at radius 2 is 2.11 bits per heavy atom. The minimum Gasteiger partial charge on any atom is -0.356 e. The second kappa shape index (κ2) is 6.90. The van der Waals surface area contributed by atoms with Gasteiger partial charge in [-0.15, -0.1) is 0 Å². The van der Waals surface area contributed by atoms with E-state index in [1.54, 1.807) is 0 Å². The molecule has 0 aromatic carbocycles. The lowest BCUT2D eigenvalue weighted by Crippen LogP contribution is -2.39. The van der Waals surface area contributed by atoms with Crippen LogP contribution in [0.2, 0.25) is 0 Å². The summed E-state index contributed by atoms with van der Waals surface area (Å²) >= 11 is 0. The second-order valence-electron chi connectivity index (χ2n) is 5.74. The summed E-state index contributed by atoms with van der Waals surface area (Å²) in [6.07, 6.45) is 7.41. The maximum absolute atomic E-state index is 4.63. The molecule has 1 aliphatic rings. The van der Waals surface area contributed by atoms with Gasteiger partial charge in [-0.25, -0.2) is 4.98 Å². The third-order valence-corrected chi connectivity index (χ3v) is 4.31. The molecule has 1 aromatic heterocycles. The first-order chi connectivity index (χ1) is 9.22. The molecule has 2 rings (SSSR count). The zero-order valence-corrected chi connectivity index (χ0v) is 12.5. The molecular formula is C16H27N3. The molecule has 1 fully saturated rings. The van der Waals surface area contributed by atoms with E-state index in [9.17, 15) is 0 Å². The molecule has 1 N–H and O–H groups in total. The summed E-state index contributed by atoms with van der Waals surface area (Å²) in [6.45, 7) is 6.41. The zero-order valence-electron chi connectivity index (χ0n) is 12.5. The molecule has 0 saturated heterocycles. The van der Waals surface area contributed by atoms with Gasteiger partial charge < -0.3 is 10.2 Å². The predicted octanol–water partition coefficient (Wildman–Crippen LogP) is 3.21. The van der Waals surface area contributed by atoms with E-state index in [2.05, 4.69) is 48.2 Å². The van der Waals surface area contributed by atoms with Crippen molar-refractivity contribution in [2.24, 2.45) is 5.92 Å². The standard InChI is InChI=1S/C16H27N3/c1-4-17-11-14-9-10-16(18-12-14)19(3)15-8-6-5-7-13(15)2/h9-10,12-13,15,17H,4-8,11H2,1-3H3. The van der Waals surface area contributed by atoms with Crippen LogP contribution in [0.4, 0.5) is 5.82 Å². The first-order valence-electron chi connectivity index (χ1n) is 7.61. The van der Waals surface area contributed by atoms with Crippen LogP contribution in [-0.4, -0.2) is 24.6 Å². The number of pyridine rings is 1. The van der Waals surface area contributed by atoms with Crippen LogP contribution in [0.1, 0.15) is 45.1 Å². The third kappa shape index (κ3) is 3.69. The van der Waals surface area contributed by atoms with E-state index in [4.69, 9.17) is 0 Å². The van der Waals surface area contributed by atoms with Gasteiger partial charge in [-0.1, -0.05) is 32.8 Å². The van der Waals surface area contributed by atoms with Crippen LogP contribution in [-0.2, 0) is 6.54 Å². The minimum atomic E-state index is 0.654. The second-order valence-corrected chi connectivity index (χ2v) is 5.74. The lowest BCUT2D eigenvalue weighted by atomic mass is 9.85. The highest BCUT2D eigenvalue weighted by Gasteiger charge is 2.25. The molecule has 2 atom stereocenters. The molecule has 0 radical (unpaired) electrons. The highest BCUT2D eigenvalue weighted by Crippen LogP contribution is 2.29. The van der Waals surface area contributed by atoms with Crippen LogP contribution in [0.5, 0.6) is 0 Å². The number of nitrogens with zero attached hydrogens (tertiary/aromatic N) is 2. The molecule has 3 nitrogen and oxygen atoms in total. The normalized spacial score (nSPS) is 23.3. The Hall–Kier alpha value is -1.09. The summed E-state index contributed by atoms with van der Waals surface area (Å²) in [5.41, 5.74) is 1.26. The topological polar surface area (TPSA) is 28.2 Å². The van der Waals surface area contributed by atoms with E-state index in [0.29, 0.717) is 6.04 Å². The monoisotopic (exact) mass is 261 g/mol. The van der Waals surface area contributed by atoms with Crippen LogP contribution in [0.3, 0.4) is 0 Å². The summed E-state index contributed by atoms with van der Waals surface area (Å²) in [6, 6.07) is 5.00. The largest absolute Gasteiger partial charge is 0.356 e. The van der Waals surface area contributed by atoms with E-state index in [0.717, 1.165) is 24.8 Å². The Bertz CT molecular complexity index is 374. The van der Waals surface area contributed by atoms with Gasteiger partial charge in [-0.2, -0.15) is 0 Å². The molecule has 1 aromatic rings. The van der Waals surface area contributed by atoms with Gasteiger partial charge in [0.1, 0.15) is 5.82 Å². The summed E-state index contributed by atoms with van der Waals surface area (Å²) in [4.78, 5) is 7.00. The Kier molecular flexibility index (Phi) is 5.20. The van der Waals surface area contributed by atoms with Crippen LogP contribution in [0.25, 0.3) is 0 Å². The molecule has 0 aliphatic heterocycles. The predicted molar refractivity (Wildman–Crippen MR) is 81.4 cm³/mol.